The molecule has 0 saturated heterocycles. The molecular weight excluding hydrogens is 178 g/mol. The van der Waals surface area contributed by atoms with Crippen molar-refractivity contribution in [2.45, 2.75) is 0 Å². The van der Waals surface area contributed by atoms with Gasteiger partial charge >= 0.3 is 11.9 Å². The molecule has 7 nitrogen and oxygen atoms in total. The SMILES string of the molecule is C=C(N)C(=O)ONOC(=O)C(=C)N. The number of nitrogens with two attached hydrogens (primary N) is 2. The number of nitrogens with one attached hydrogen (secondary N) is 1. The molecule has 0 aliphatic rings. The minimum atomic E-state index is -0.963. The summed E-state index contributed by atoms with van der Waals surface area (Å²) in [6, 6.07) is 0. The molecule has 7 heteroatoms. The van der Waals surface area contributed by atoms with E-state index in [4.69, 9.17) is 11.5 Å². The fourth-order valence-electron chi connectivity index (χ4n) is 0.228. The molecule has 0 amide bonds. The van der Waals surface area contributed by atoms with Crippen molar-refractivity contribution in [3.63, 3.8) is 0 Å². The molecule has 0 aliphatic carbocycles. The highest BCUT2D eigenvalue weighted by Gasteiger charge is 2.07. The van der Waals surface area contributed by atoms with Crippen LogP contribution < -0.4 is 17.1 Å². The normalized spacial score (nSPS) is 8.62. The van der Waals surface area contributed by atoms with Gasteiger partial charge in [-0.25, -0.2) is 9.59 Å². The highest BCUT2D eigenvalue weighted by molar-refractivity contribution is 5.87. The van der Waals surface area contributed by atoms with Crippen molar-refractivity contribution in [1.82, 2.24) is 5.64 Å². The zero-order chi connectivity index (χ0) is 10.4. The van der Waals surface area contributed by atoms with Gasteiger partial charge in [-0.1, -0.05) is 13.2 Å². The van der Waals surface area contributed by atoms with E-state index in [9.17, 15) is 9.59 Å². The van der Waals surface area contributed by atoms with E-state index in [0.29, 0.717) is 0 Å². The van der Waals surface area contributed by atoms with Crippen molar-refractivity contribution < 1.29 is 19.3 Å². The lowest BCUT2D eigenvalue weighted by molar-refractivity contribution is -0.192. The molecule has 0 rings (SSSR count). The standard InChI is InChI=1S/C6H9N3O4/c1-3(7)5(10)12-9-13-6(11)4(2)8/h9H,1-2,7-8H2. The van der Waals surface area contributed by atoms with Gasteiger partial charge in [0.25, 0.3) is 0 Å². The molecule has 72 valence electrons. The van der Waals surface area contributed by atoms with Crippen LogP contribution in [0.3, 0.4) is 0 Å². The van der Waals surface area contributed by atoms with Crippen molar-refractivity contribution in [1.29, 1.82) is 0 Å². The Bertz CT molecular complexity index is 235. The summed E-state index contributed by atoms with van der Waals surface area (Å²) in [6.07, 6.45) is 0. The van der Waals surface area contributed by atoms with Crippen LogP contribution in [0.5, 0.6) is 0 Å². The smallest absolute Gasteiger partial charge is 0.375 e. The van der Waals surface area contributed by atoms with E-state index in [1.54, 1.807) is 5.64 Å². The van der Waals surface area contributed by atoms with Crippen LogP contribution in [0.15, 0.2) is 24.6 Å². The first kappa shape index (κ1) is 11.0. The van der Waals surface area contributed by atoms with Gasteiger partial charge < -0.3 is 21.1 Å². The third-order valence-electron chi connectivity index (χ3n) is 0.793. The Balaban J connectivity index is 3.69. The molecule has 0 saturated carbocycles. The Hall–Kier alpha value is -2.02. The summed E-state index contributed by atoms with van der Waals surface area (Å²) >= 11 is 0. The summed E-state index contributed by atoms with van der Waals surface area (Å²) in [4.78, 5) is 29.2. The fraction of sp³-hybridized carbons (Fsp3) is 0. The van der Waals surface area contributed by atoms with Gasteiger partial charge in [-0.05, 0) is 0 Å². The van der Waals surface area contributed by atoms with E-state index in [0.717, 1.165) is 0 Å². The molecule has 0 atom stereocenters. The summed E-state index contributed by atoms with van der Waals surface area (Å²) in [5.41, 5.74) is 10.7. The molecule has 0 aromatic carbocycles. The maximum Gasteiger partial charge on any atom is 0.375 e. The summed E-state index contributed by atoms with van der Waals surface area (Å²) in [5, 5.41) is 0. The predicted molar refractivity (Wildman–Crippen MR) is 42.0 cm³/mol. The summed E-state index contributed by atoms with van der Waals surface area (Å²) in [6.45, 7) is 6.14. The molecule has 0 radical (unpaired) electrons. The lowest BCUT2D eigenvalue weighted by Gasteiger charge is -2.04. The van der Waals surface area contributed by atoms with E-state index >= 15 is 0 Å². The third kappa shape index (κ3) is 4.43. The minimum absolute atomic E-state index is 0.338. The Morgan fingerprint density at radius 1 is 1.00 bits per heavy atom. The summed E-state index contributed by atoms with van der Waals surface area (Å²) in [5.74, 6) is -1.93. The topological polar surface area (TPSA) is 117 Å². The first-order valence-electron chi connectivity index (χ1n) is 3.01. The van der Waals surface area contributed by atoms with E-state index in [1.165, 1.54) is 0 Å². The maximum absolute atomic E-state index is 10.5. The van der Waals surface area contributed by atoms with Crippen LogP contribution in [0.1, 0.15) is 0 Å². The van der Waals surface area contributed by atoms with Gasteiger partial charge in [0.05, 0.1) is 0 Å². The van der Waals surface area contributed by atoms with Gasteiger partial charge in [-0.3, -0.25) is 0 Å². The Morgan fingerprint density at radius 3 is 1.54 bits per heavy atom. The molecule has 0 heterocycles. The average molecular weight is 187 g/mol. The molecular formula is C6H9N3O4. The molecule has 0 aromatic heterocycles. The van der Waals surface area contributed by atoms with Crippen LogP contribution in [-0.2, 0) is 19.3 Å². The Kier molecular flexibility index (Phi) is 4.03. The van der Waals surface area contributed by atoms with Gasteiger partial charge in [-0.2, -0.15) is 0 Å². The molecule has 0 bridgehead atoms. The van der Waals surface area contributed by atoms with Crippen LogP contribution in [0, 0.1) is 0 Å². The van der Waals surface area contributed by atoms with Crippen LogP contribution in [0.25, 0.3) is 0 Å². The number of hydrogen-bond donors (Lipinski definition) is 3. The minimum Gasteiger partial charge on any atom is -0.393 e. The second-order valence-electron chi connectivity index (χ2n) is 1.91. The third-order valence-corrected chi connectivity index (χ3v) is 0.793. The quantitative estimate of drug-likeness (QED) is 0.359. The van der Waals surface area contributed by atoms with Crippen molar-refractivity contribution in [2.75, 3.05) is 0 Å². The van der Waals surface area contributed by atoms with E-state index < -0.39 is 11.9 Å². The van der Waals surface area contributed by atoms with Crippen LogP contribution in [-0.4, -0.2) is 11.9 Å². The summed E-state index contributed by atoms with van der Waals surface area (Å²) < 4.78 is 0. The zero-order valence-electron chi connectivity index (χ0n) is 6.70. The highest BCUT2D eigenvalue weighted by atomic mass is 16.9. The molecule has 13 heavy (non-hydrogen) atoms. The summed E-state index contributed by atoms with van der Waals surface area (Å²) in [7, 11) is 0. The van der Waals surface area contributed by atoms with Crippen molar-refractivity contribution in [2.24, 2.45) is 11.5 Å². The first-order valence-corrected chi connectivity index (χ1v) is 3.01. The van der Waals surface area contributed by atoms with Gasteiger partial charge in [-0.15, -0.1) is 0 Å². The Labute approximate surface area is 73.9 Å². The second kappa shape index (κ2) is 4.78. The van der Waals surface area contributed by atoms with Gasteiger partial charge in [0.1, 0.15) is 11.4 Å². The molecule has 0 unspecified atom stereocenters. The van der Waals surface area contributed by atoms with E-state index in [1.807, 2.05) is 0 Å². The first-order chi connectivity index (χ1) is 5.95. The molecule has 0 aromatic rings. The van der Waals surface area contributed by atoms with Crippen LogP contribution in [0.4, 0.5) is 0 Å². The van der Waals surface area contributed by atoms with Crippen molar-refractivity contribution in [3.05, 3.63) is 24.6 Å². The van der Waals surface area contributed by atoms with Crippen LogP contribution in [0.2, 0.25) is 0 Å². The number of rotatable bonds is 4. The second-order valence-corrected chi connectivity index (χ2v) is 1.91. The monoisotopic (exact) mass is 187 g/mol. The number of hydrogen-bond acceptors (Lipinski definition) is 7. The fourth-order valence-corrected chi connectivity index (χ4v) is 0.228. The molecule has 0 aliphatic heterocycles. The number of carbonyl (C=O) groups excluding carboxylic acids is 2. The number of carbonyl (C=O) groups is 2. The predicted octanol–water partition coefficient (Wildman–Crippen LogP) is -1.56. The lowest BCUT2D eigenvalue weighted by Crippen LogP contribution is -2.28. The van der Waals surface area contributed by atoms with E-state index in [-0.39, 0.29) is 11.4 Å². The Morgan fingerprint density at radius 2 is 1.31 bits per heavy atom. The molecule has 0 spiro atoms. The van der Waals surface area contributed by atoms with E-state index in [2.05, 4.69) is 22.8 Å². The largest absolute Gasteiger partial charge is 0.393 e. The zero-order valence-corrected chi connectivity index (χ0v) is 6.70. The van der Waals surface area contributed by atoms with Gasteiger partial charge in [0.2, 0.25) is 0 Å². The van der Waals surface area contributed by atoms with Gasteiger partial charge in [0, 0.05) is 5.64 Å². The van der Waals surface area contributed by atoms with Gasteiger partial charge in [0.15, 0.2) is 0 Å². The maximum atomic E-state index is 10.5. The highest BCUT2D eigenvalue weighted by Crippen LogP contribution is 1.84. The van der Waals surface area contributed by atoms with Crippen molar-refractivity contribution in [3.8, 4) is 0 Å². The van der Waals surface area contributed by atoms with Crippen molar-refractivity contribution >= 4 is 11.9 Å². The molecule has 5 N–H and O–H groups in total. The van der Waals surface area contributed by atoms with Crippen LogP contribution >= 0.6 is 0 Å². The molecule has 0 fully saturated rings. The lowest BCUT2D eigenvalue weighted by atomic mass is 10.5. The average Bonchev–Trinajstić information content (AvgIpc) is 2.03.